The highest BCUT2D eigenvalue weighted by Crippen LogP contribution is 2.23. The minimum absolute atomic E-state index is 0.0608. The molecule has 0 aliphatic heterocycles. The molecule has 0 aliphatic carbocycles. The van der Waals surface area contributed by atoms with Crippen LogP contribution in [0.5, 0.6) is 11.5 Å². The molecule has 1 aromatic rings. The summed E-state index contributed by atoms with van der Waals surface area (Å²) < 4.78 is 9.80. The van der Waals surface area contributed by atoms with E-state index in [0.29, 0.717) is 11.3 Å². The zero-order chi connectivity index (χ0) is 10.4. The van der Waals surface area contributed by atoms with Crippen LogP contribution in [0, 0.1) is 0 Å². The molecule has 0 aliphatic rings. The molecular formula is C10H12O4. The maximum absolute atomic E-state index is 10.2. The van der Waals surface area contributed by atoms with Gasteiger partial charge in [-0.15, -0.1) is 0 Å². The van der Waals surface area contributed by atoms with Gasteiger partial charge in [0.15, 0.2) is 6.79 Å². The van der Waals surface area contributed by atoms with E-state index in [4.69, 9.17) is 9.47 Å². The number of hydrogen-bond donors (Lipinski definition) is 1. The molecule has 0 unspecified atom stereocenters. The Morgan fingerprint density at radius 2 is 2.29 bits per heavy atom. The molecule has 0 aromatic heterocycles. The fourth-order valence-corrected chi connectivity index (χ4v) is 1.02. The van der Waals surface area contributed by atoms with Gasteiger partial charge in [0.1, 0.15) is 17.8 Å². The number of phenolic OH excluding ortho intramolecular Hbond substituents is 1. The van der Waals surface area contributed by atoms with Crippen LogP contribution in [0.2, 0.25) is 0 Å². The lowest BCUT2D eigenvalue weighted by Crippen LogP contribution is -1.99. The van der Waals surface area contributed by atoms with Crippen LogP contribution in [0.25, 0.3) is 0 Å². The Labute approximate surface area is 82.1 Å². The number of carbonyl (C=O) groups excluding carboxylic acids is 1. The second kappa shape index (κ2) is 5.24. The Hall–Kier alpha value is -1.55. The highest BCUT2D eigenvalue weighted by Gasteiger charge is 2.02. The van der Waals surface area contributed by atoms with E-state index in [0.717, 1.165) is 6.29 Å². The predicted molar refractivity (Wildman–Crippen MR) is 50.4 cm³/mol. The van der Waals surface area contributed by atoms with E-state index in [1.807, 2.05) is 0 Å². The van der Waals surface area contributed by atoms with Crippen LogP contribution in [0.15, 0.2) is 18.2 Å². The van der Waals surface area contributed by atoms with Gasteiger partial charge in [0.05, 0.1) is 0 Å². The van der Waals surface area contributed by atoms with Crippen molar-refractivity contribution in [1.82, 2.24) is 0 Å². The molecule has 0 heterocycles. The average molecular weight is 196 g/mol. The first kappa shape index (κ1) is 10.5. The molecule has 1 aromatic carbocycles. The van der Waals surface area contributed by atoms with Crippen molar-refractivity contribution >= 4 is 6.29 Å². The first-order chi connectivity index (χ1) is 6.77. The number of aldehydes is 1. The van der Waals surface area contributed by atoms with Crippen molar-refractivity contribution in [3.8, 4) is 11.5 Å². The molecule has 4 heteroatoms. The van der Waals surface area contributed by atoms with Crippen LogP contribution in [-0.2, 0) is 16.0 Å². The maximum atomic E-state index is 10.2. The normalized spacial score (nSPS) is 9.79. The number of phenols is 1. The zero-order valence-corrected chi connectivity index (χ0v) is 7.90. The lowest BCUT2D eigenvalue weighted by atomic mass is 10.1. The molecule has 0 radical (unpaired) electrons. The third-order valence-electron chi connectivity index (χ3n) is 1.70. The van der Waals surface area contributed by atoms with Gasteiger partial charge >= 0.3 is 0 Å². The standard InChI is InChI=1S/C10H12O4/c1-13-7-14-9-3-2-8(4-5-11)10(12)6-9/h2-3,5-6,12H,4,7H2,1H3. The van der Waals surface area contributed by atoms with E-state index in [2.05, 4.69) is 0 Å². The summed E-state index contributed by atoms with van der Waals surface area (Å²) >= 11 is 0. The van der Waals surface area contributed by atoms with E-state index in [-0.39, 0.29) is 19.0 Å². The molecule has 76 valence electrons. The summed E-state index contributed by atoms with van der Waals surface area (Å²) in [7, 11) is 1.51. The van der Waals surface area contributed by atoms with Gasteiger partial charge in [0, 0.05) is 25.2 Å². The monoisotopic (exact) mass is 196 g/mol. The van der Waals surface area contributed by atoms with Crippen LogP contribution < -0.4 is 4.74 Å². The average Bonchev–Trinajstić information content (AvgIpc) is 2.19. The number of aromatic hydroxyl groups is 1. The largest absolute Gasteiger partial charge is 0.508 e. The first-order valence-corrected chi connectivity index (χ1v) is 4.15. The van der Waals surface area contributed by atoms with E-state index in [1.54, 1.807) is 12.1 Å². The Morgan fingerprint density at radius 1 is 1.50 bits per heavy atom. The van der Waals surface area contributed by atoms with Gasteiger partial charge < -0.3 is 19.4 Å². The lowest BCUT2D eigenvalue weighted by molar-refractivity contribution is -0.107. The van der Waals surface area contributed by atoms with E-state index >= 15 is 0 Å². The van der Waals surface area contributed by atoms with Gasteiger partial charge in [0.25, 0.3) is 0 Å². The van der Waals surface area contributed by atoms with Crippen molar-refractivity contribution in [1.29, 1.82) is 0 Å². The summed E-state index contributed by atoms with van der Waals surface area (Å²) in [5, 5.41) is 9.44. The smallest absolute Gasteiger partial charge is 0.188 e. The van der Waals surface area contributed by atoms with Crippen molar-refractivity contribution in [2.45, 2.75) is 6.42 Å². The van der Waals surface area contributed by atoms with Gasteiger partial charge in [-0.25, -0.2) is 0 Å². The molecule has 0 atom stereocenters. The Bertz CT molecular complexity index is 309. The van der Waals surface area contributed by atoms with E-state index < -0.39 is 0 Å². The van der Waals surface area contributed by atoms with Crippen molar-refractivity contribution < 1.29 is 19.4 Å². The summed E-state index contributed by atoms with van der Waals surface area (Å²) in [6.45, 7) is 0.131. The number of rotatable bonds is 5. The summed E-state index contributed by atoms with van der Waals surface area (Å²) in [5.41, 5.74) is 0.588. The van der Waals surface area contributed by atoms with E-state index in [9.17, 15) is 9.90 Å². The number of methoxy groups -OCH3 is 1. The predicted octanol–water partition coefficient (Wildman–Crippen LogP) is 1.12. The van der Waals surface area contributed by atoms with Crippen molar-refractivity contribution in [3.63, 3.8) is 0 Å². The summed E-state index contributed by atoms with van der Waals surface area (Å²) in [6.07, 6.45) is 0.946. The van der Waals surface area contributed by atoms with Crippen molar-refractivity contribution in [2.75, 3.05) is 13.9 Å². The zero-order valence-electron chi connectivity index (χ0n) is 7.90. The topological polar surface area (TPSA) is 55.8 Å². The van der Waals surface area contributed by atoms with Gasteiger partial charge in [-0.05, 0) is 6.07 Å². The second-order valence-corrected chi connectivity index (χ2v) is 2.71. The molecule has 0 saturated heterocycles. The molecule has 0 amide bonds. The van der Waals surface area contributed by atoms with Gasteiger partial charge in [-0.2, -0.15) is 0 Å². The summed E-state index contributed by atoms with van der Waals surface area (Å²) in [4.78, 5) is 10.2. The van der Waals surface area contributed by atoms with Crippen LogP contribution in [0.4, 0.5) is 0 Å². The van der Waals surface area contributed by atoms with Crippen LogP contribution in [-0.4, -0.2) is 25.3 Å². The van der Waals surface area contributed by atoms with Crippen LogP contribution in [0.3, 0.4) is 0 Å². The number of carbonyl (C=O) groups is 1. The lowest BCUT2D eigenvalue weighted by Gasteiger charge is -2.06. The molecule has 0 bridgehead atoms. The molecule has 14 heavy (non-hydrogen) atoms. The molecule has 0 fully saturated rings. The van der Waals surface area contributed by atoms with Crippen molar-refractivity contribution in [2.24, 2.45) is 0 Å². The van der Waals surface area contributed by atoms with E-state index in [1.165, 1.54) is 13.2 Å². The van der Waals surface area contributed by atoms with Crippen molar-refractivity contribution in [3.05, 3.63) is 23.8 Å². The quantitative estimate of drug-likeness (QED) is 0.566. The Kier molecular flexibility index (Phi) is 3.94. The van der Waals surface area contributed by atoms with Gasteiger partial charge in [-0.3, -0.25) is 0 Å². The van der Waals surface area contributed by atoms with Crippen LogP contribution >= 0.6 is 0 Å². The number of benzene rings is 1. The molecule has 1 N–H and O–H groups in total. The van der Waals surface area contributed by atoms with Gasteiger partial charge in [0.2, 0.25) is 0 Å². The molecule has 4 nitrogen and oxygen atoms in total. The molecule has 0 saturated carbocycles. The maximum Gasteiger partial charge on any atom is 0.188 e. The third kappa shape index (κ3) is 2.74. The number of ether oxygens (including phenoxy) is 2. The Balaban J connectivity index is 2.72. The molecule has 1 rings (SSSR count). The minimum atomic E-state index is 0.0608. The summed E-state index contributed by atoms with van der Waals surface area (Å²) in [6, 6.07) is 4.78. The second-order valence-electron chi connectivity index (χ2n) is 2.71. The molecule has 0 spiro atoms. The Morgan fingerprint density at radius 3 is 2.86 bits per heavy atom. The first-order valence-electron chi connectivity index (χ1n) is 4.15. The highest BCUT2D eigenvalue weighted by atomic mass is 16.7. The summed E-state index contributed by atoms with van der Waals surface area (Å²) in [5.74, 6) is 0.574. The van der Waals surface area contributed by atoms with Crippen LogP contribution in [0.1, 0.15) is 5.56 Å². The number of hydrogen-bond acceptors (Lipinski definition) is 4. The van der Waals surface area contributed by atoms with Gasteiger partial charge in [-0.1, -0.05) is 6.07 Å². The highest BCUT2D eigenvalue weighted by molar-refractivity contribution is 5.58. The minimum Gasteiger partial charge on any atom is -0.508 e. The molecular weight excluding hydrogens is 184 g/mol. The SMILES string of the molecule is COCOc1ccc(CC=O)c(O)c1. The fourth-order valence-electron chi connectivity index (χ4n) is 1.02. The fraction of sp³-hybridized carbons (Fsp3) is 0.300. The third-order valence-corrected chi connectivity index (χ3v) is 1.70.